The van der Waals surface area contributed by atoms with Gasteiger partial charge in [-0.25, -0.2) is 13.4 Å². The van der Waals surface area contributed by atoms with Crippen LogP contribution in [0.3, 0.4) is 0 Å². The third-order valence-corrected chi connectivity index (χ3v) is 5.13. The van der Waals surface area contributed by atoms with E-state index in [0.717, 1.165) is 24.8 Å². The molecule has 0 radical (unpaired) electrons. The average molecular weight is 431 g/mol. The Morgan fingerprint density at radius 2 is 1.70 bits per heavy atom. The molecule has 0 bridgehead atoms. The lowest BCUT2D eigenvalue weighted by molar-refractivity contribution is 0.606. The number of nitrogens with zero attached hydrogens (tertiary/aromatic N) is 1. The predicted molar refractivity (Wildman–Crippen MR) is 126 cm³/mol. The number of rotatable bonds is 9. The van der Waals surface area contributed by atoms with Crippen LogP contribution < -0.4 is 15.4 Å². The second kappa shape index (κ2) is 11.0. The fourth-order valence-corrected chi connectivity index (χ4v) is 3.74. The Morgan fingerprint density at radius 3 is 2.30 bits per heavy atom. The van der Waals surface area contributed by atoms with E-state index in [0.29, 0.717) is 24.1 Å². The van der Waals surface area contributed by atoms with Crippen molar-refractivity contribution in [2.45, 2.75) is 46.7 Å². The molecule has 164 valence electrons. The summed E-state index contributed by atoms with van der Waals surface area (Å²) in [4.78, 5) is 4.66. The minimum atomic E-state index is -3.34. The van der Waals surface area contributed by atoms with Crippen LogP contribution in [0.1, 0.15) is 50.4 Å². The fourth-order valence-electron chi connectivity index (χ4n) is 3.14. The Morgan fingerprint density at radius 1 is 1.03 bits per heavy atom. The molecule has 2 rings (SSSR count). The first-order chi connectivity index (χ1) is 14.2. The number of aliphatic imine (C=N–C) groups is 1. The predicted octanol–water partition coefficient (Wildman–Crippen LogP) is 4.07. The van der Waals surface area contributed by atoms with Gasteiger partial charge in [0.15, 0.2) is 5.96 Å². The Hall–Kier alpha value is -2.54. The van der Waals surface area contributed by atoms with Gasteiger partial charge in [0.1, 0.15) is 0 Å². The van der Waals surface area contributed by atoms with Crippen LogP contribution in [-0.4, -0.2) is 27.2 Å². The molecule has 30 heavy (non-hydrogen) atoms. The maximum atomic E-state index is 11.6. The molecular weight excluding hydrogens is 396 g/mol. The normalized spacial score (nSPS) is 13.2. The summed E-state index contributed by atoms with van der Waals surface area (Å²) in [6.45, 7) is 9.65. The molecule has 0 aliphatic carbocycles. The van der Waals surface area contributed by atoms with Gasteiger partial charge in [-0.1, -0.05) is 56.3 Å². The topological polar surface area (TPSA) is 82.6 Å². The molecule has 3 N–H and O–H groups in total. The highest BCUT2D eigenvalue weighted by molar-refractivity contribution is 7.92. The first-order valence-corrected chi connectivity index (χ1v) is 12.3. The zero-order valence-corrected chi connectivity index (χ0v) is 19.4. The number of hydrogen-bond acceptors (Lipinski definition) is 3. The van der Waals surface area contributed by atoms with Crippen molar-refractivity contribution in [2.24, 2.45) is 10.9 Å². The van der Waals surface area contributed by atoms with Crippen LogP contribution in [0.15, 0.2) is 53.5 Å². The summed E-state index contributed by atoms with van der Waals surface area (Å²) >= 11 is 0. The lowest BCUT2D eigenvalue weighted by Gasteiger charge is -2.19. The van der Waals surface area contributed by atoms with Crippen molar-refractivity contribution in [3.8, 4) is 0 Å². The van der Waals surface area contributed by atoms with Crippen molar-refractivity contribution in [2.75, 3.05) is 17.5 Å². The smallest absolute Gasteiger partial charge is 0.229 e. The van der Waals surface area contributed by atoms with Crippen molar-refractivity contribution in [1.29, 1.82) is 0 Å². The molecule has 2 aromatic rings. The van der Waals surface area contributed by atoms with Crippen molar-refractivity contribution in [3.63, 3.8) is 0 Å². The van der Waals surface area contributed by atoms with Gasteiger partial charge < -0.3 is 10.6 Å². The molecule has 0 aromatic heterocycles. The number of guanidine groups is 1. The highest BCUT2D eigenvalue weighted by Gasteiger charge is 2.10. The summed E-state index contributed by atoms with van der Waals surface area (Å²) in [5.74, 6) is 1.32. The molecule has 2 aromatic carbocycles. The van der Waals surface area contributed by atoms with Gasteiger partial charge in [-0.05, 0) is 48.9 Å². The molecule has 0 amide bonds. The minimum Gasteiger partial charge on any atom is -0.357 e. The van der Waals surface area contributed by atoms with Crippen molar-refractivity contribution in [1.82, 2.24) is 10.6 Å². The van der Waals surface area contributed by atoms with Gasteiger partial charge in [-0.3, -0.25) is 4.72 Å². The van der Waals surface area contributed by atoms with Crippen molar-refractivity contribution in [3.05, 3.63) is 65.2 Å². The van der Waals surface area contributed by atoms with E-state index in [4.69, 9.17) is 0 Å². The van der Waals surface area contributed by atoms with E-state index in [1.165, 1.54) is 11.1 Å². The molecule has 7 heteroatoms. The van der Waals surface area contributed by atoms with Gasteiger partial charge in [-0.2, -0.15) is 0 Å². The molecule has 1 atom stereocenters. The summed E-state index contributed by atoms with van der Waals surface area (Å²) < 4.78 is 25.8. The average Bonchev–Trinajstić information content (AvgIpc) is 2.66. The van der Waals surface area contributed by atoms with Crippen LogP contribution in [0.25, 0.3) is 0 Å². The molecular formula is C23H34N4O2S. The van der Waals surface area contributed by atoms with E-state index in [-0.39, 0.29) is 6.04 Å². The second-order valence-electron chi connectivity index (χ2n) is 7.93. The van der Waals surface area contributed by atoms with Crippen LogP contribution in [0.4, 0.5) is 5.69 Å². The van der Waals surface area contributed by atoms with Gasteiger partial charge in [0, 0.05) is 6.54 Å². The van der Waals surface area contributed by atoms with Crippen LogP contribution in [0.5, 0.6) is 0 Å². The lowest BCUT2D eigenvalue weighted by Crippen LogP contribution is -2.38. The van der Waals surface area contributed by atoms with Crippen molar-refractivity contribution < 1.29 is 8.42 Å². The van der Waals surface area contributed by atoms with Gasteiger partial charge in [0.25, 0.3) is 0 Å². The maximum absolute atomic E-state index is 11.6. The van der Waals surface area contributed by atoms with E-state index in [1.54, 1.807) is 12.1 Å². The van der Waals surface area contributed by atoms with Crippen LogP contribution >= 0.6 is 0 Å². The van der Waals surface area contributed by atoms with E-state index < -0.39 is 10.0 Å². The number of hydrogen-bond donors (Lipinski definition) is 3. The summed E-state index contributed by atoms with van der Waals surface area (Å²) in [5.41, 5.74) is 3.89. The summed E-state index contributed by atoms with van der Waals surface area (Å²) in [6.07, 6.45) is 2.22. The quantitative estimate of drug-likeness (QED) is 0.414. The highest BCUT2D eigenvalue weighted by Crippen LogP contribution is 2.18. The Labute approximate surface area is 181 Å². The number of benzene rings is 2. The van der Waals surface area contributed by atoms with Gasteiger partial charge in [0.2, 0.25) is 10.0 Å². The number of anilines is 1. The van der Waals surface area contributed by atoms with Crippen LogP contribution in [0, 0.1) is 5.92 Å². The van der Waals surface area contributed by atoms with Gasteiger partial charge in [0.05, 0.1) is 24.5 Å². The summed E-state index contributed by atoms with van der Waals surface area (Å²) in [5, 5.41) is 6.69. The van der Waals surface area contributed by atoms with Crippen LogP contribution in [0.2, 0.25) is 0 Å². The SMILES string of the molecule is CCNC(=NCc1ccccc1NS(C)(=O)=O)NC(C)c1ccc(CC(C)C)cc1. The first-order valence-electron chi connectivity index (χ1n) is 10.4. The molecule has 0 saturated heterocycles. The molecule has 0 heterocycles. The minimum absolute atomic E-state index is 0.0836. The summed E-state index contributed by atoms with van der Waals surface area (Å²) in [6, 6.07) is 16.1. The standard InChI is InChI=1S/C23H34N4O2S/c1-6-24-23(25-16-21-9-7-8-10-22(21)27-30(5,28)29)26-18(4)20-13-11-19(12-14-20)15-17(2)3/h7-14,17-18,27H,6,15-16H2,1-5H3,(H2,24,25,26). The van der Waals surface area contributed by atoms with Gasteiger partial charge >= 0.3 is 0 Å². The highest BCUT2D eigenvalue weighted by atomic mass is 32.2. The zero-order chi connectivity index (χ0) is 22.1. The lowest BCUT2D eigenvalue weighted by atomic mass is 10.00. The van der Waals surface area contributed by atoms with E-state index >= 15 is 0 Å². The molecule has 0 fully saturated rings. The van der Waals surface area contributed by atoms with Crippen LogP contribution in [-0.2, 0) is 23.0 Å². The molecule has 0 saturated carbocycles. The molecule has 0 aliphatic rings. The van der Waals surface area contributed by atoms with E-state index in [9.17, 15) is 8.42 Å². The van der Waals surface area contributed by atoms with E-state index in [1.807, 2.05) is 19.1 Å². The molecule has 0 spiro atoms. The number of nitrogens with one attached hydrogen (secondary N) is 3. The Bertz CT molecular complexity index is 938. The van der Waals surface area contributed by atoms with Crippen molar-refractivity contribution >= 4 is 21.7 Å². The molecule has 6 nitrogen and oxygen atoms in total. The third-order valence-electron chi connectivity index (χ3n) is 4.54. The first kappa shape index (κ1) is 23.7. The molecule has 0 aliphatic heterocycles. The number of para-hydroxylation sites is 1. The summed E-state index contributed by atoms with van der Waals surface area (Å²) in [7, 11) is -3.34. The number of sulfonamides is 1. The Balaban J connectivity index is 2.11. The maximum Gasteiger partial charge on any atom is 0.229 e. The monoisotopic (exact) mass is 430 g/mol. The Kier molecular flexibility index (Phi) is 8.72. The fraction of sp³-hybridized carbons (Fsp3) is 0.435. The third kappa shape index (κ3) is 8.06. The molecule has 1 unspecified atom stereocenters. The van der Waals surface area contributed by atoms with E-state index in [2.05, 4.69) is 65.4 Å². The van der Waals surface area contributed by atoms with Gasteiger partial charge in [-0.15, -0.1) is 0 Å². The zero-order valence-electron chi connectivity index (χ0n) is 18.6. The second-order valence-corrected chi connectivity index (χ2v) is 9.68. The largest absolute Gasteiger partial charge is 0.357 e.